The highest BCUT2D eigenvalue weighted by Crippen LogP contribution is 2.11. The maximum Gasteiger partial charge on any atom is 0.334 e. The van der Waals surface area contributed by atoms with Gasteiger partial charge in [0.2, 0.25) is 0 Å². The molecule has 1 atom stereocenters. The summed E-state index contributed by atoms with van der Waals surface area (Å²) in [4.78, 5) is 0. The highest BCUT2D eigenvalue weighted by Gasteiger charge is 2.26. The molecule has 0 spiro atoms. The molecule has 0 aliphatic carbocycles. The zero-order valence-corrected chi connectivity index (χ0v) is 8.46. The number of hydrogen-bond donors (Lipinski definition) is 0. The van der Waals surface area contributed by atoms with E-state index in [4.69, 9.17) is 8.85 Å². The van der Waals surface area contributed by atoms with Crippen LogP contribution in [-0.4, -0.2) is 28.9 Å². The summed E-state index contributed by atoms with van der Waals surface area (Å²) in [5, 5.41) is 0. The lowest BCUT2D eigenvalue weighted by atomic mass is 11.0. The quantitative estimate of drug-likeness (QED) is 0.462. The Balaban J connectivity index is 3.62. The van der Waals surface area contributed by atoms with Crippen molar-refractivity contribution in [3.05, 3.63) is 0 Å². The van der Waals surface area contributed by atoms with Gasteiger partial charge in [-0.05, 0) is 18.8 Å². The van der Waals surface area contributed by atoms with Crippen LogP contribution < -0.4 is 0 Å². The molecule has 0 heterocycles. The Hall–Kier alpha value is 0.567. The Labute approximate surface area is 60.4 Å². The second-order valence-electron chi connectivity index (χ2n) is 2.08. The van der Waals surface area contributed by atoms with Crippen molar-refractivity contribution in [1.29, 1.82) is 0 Å². The van der Waals surface area contributed by atoms with E-state index in [0.717, 1.165) is 12.2 Å². The second-order valence-corrected chi connectivity index (χ2v) is 6.24. The third-order valence-electron chi connectivity index (χ3n) is 1.46. The van der Waals surface area contributed by atoms with E-state index in [2.05, 4.69) is 15.8 Å². The minimum absolute atomic E-state index is 1.05. The fourth-order valence-corrected chi connectivity index (χ4v) is 3.22. The van der Waals surface area contributed by atoms with Gasteiger partial charge in [-0.25, -0.2) is 0 Å². The molecule has 56 valence electrons. The van der Waals surface area contributed by atoms with E-state index in [0.29, 0.717) is 0 Å². The summed E-state index contributed by atoms with van der Waals surface area (Å²) in [6.07, 6.45) is 1.06. The molecule has 2 nitrogen and oxygen atoms in total. The molecule has 0 saturated carbocycles. The minimum Gasteiger partial charge on any atom is -0.398 e. The van der Waals surface area contributed by atoms with E-state index in [1.54, 1.807) is 14.2 Å². The molecule has 0 aromatic carbocycles. The molecular weight excluding hydrogens is 151 g/mol. The van der Waals surface area contributed by atoms with Crippen molar-refractivity contribution >= 4 is 17.8 Å². The van der Waals surface area contributed by atoms with Gasteiger partial charge in [0.05, 0.1) is 0 Å². The number of rotatable bonds is 4. The van der Waals surface area contributed by atoms with Crippen molar-refractivity contribution in [1.82, 2.24) is 0 Å². The Kier molecular flexibility index (Phi) is 4.67. The van der Waals surface area contributed by atoms with Crippen LogP contribution in [0.3, 0.4) is 0 Å². The topological polar surface area (TPSA) is 18.5 Å². The first kappa shape index (κ1) is 9.57. The lowest BCUT2D eigenvalue weighted by molar-refractivity contribution is 0.251. The van der Waals surface area contributed by atoms with Crippen molar-refractivity contribution < 1.29 is 8.85 Å². The molecule has 0 rings (SSSR count). The van der Waals surface area contributed by atoms with Crippen LogP contribution in [0.5, 0.6) is 0 Å². The molecule has 0 aromatic rings. The molecule has 4 heteroatoms. The average Bonchev–Trinajstić information content (AvgIpc) is 1.89. The molecule has 0 amide bonds. The van der Waals surface area contributed by atoms with Gasteiger partial charge in [-0.1, -0.05) is 0 Å². The van der Waals surface area contributed by atoms with Crippen molar-refractivity contribution in [2.75, 3.05) is 20.4 Å². The molecule has 9 heavy (non-hydrogen) atoms. The predicted octanol–water partition coefficient (Wildman–Crippen LogP) is 1.23. The molecule has 1 unspecified atom stereocenters. The Morgan fingerprint density at radius 1 is 1.33 bits per heavy atom. The van der Waals surface area contributed by atoms with Crippen LogP contribution in [0, 0.1) is 0 Å². The van der Waals surface area contributed by atoms with Crippen LogP contribution in [-0.2, 0) is 8.85 Å². The van der Waals surface area contributed by atoms with Gasteiger partial charge in [0, 0.05) is 14.2 Å². The van der Waals surface area contributed by atoms with E-state index in [9.17, 15) is 0 Å². The largest absolute Gasteiger partial charge is 0.398 e. The van der Waals surface area contributed by atoms with Crippen molar-refractivity contribution in [3.63, 3.8) is 0 Å². The first-order valence-corrected chi connectivity index (χ1v) is 6.33. The molecule has 0 aromatic heterocycles. The van der Waals surface area contributed by atoms with Crippen molar-refractivity contribution in [2.24, 2.45) is 0 Å². The lowest BCUT2D eigenvalue weighted by Gasteiger charge is -2.21. The smallest absolute Gasteiger partial charge is 0.334 e. The van der Waals surface area contributed by atoms with Gasteiger partial charge >= 0.3 is 8.56 Å². The first-order valence-electron chi connectivity index (χ1n) is 2.99. The molecule has 0 radical (unpaired) electrons. The van der Waals surface area contributed by atoms with Crippen LogP contribution in [0.2, 0.25) is 12.6 Å². The van der Waals surface area contributed by atoms with E-state index < -0.39 is 8.56 Å². The normalized spacial score (nSPS) is 12.0. The summed E-state index contributed by atoms with van der Waals surface area (Å²) < 4.78 is 10.5. The second kappa shape index (κ2) is 4.39. The molecule has 0 N–H and O–H groups in total. The Morgan fingerprint density at radius 3 is 1.89 bits per heavy atom. The Bertz CT molecular complexity index is 75.4. The fraction of sp³-hybridized carbons (Fsp3) is 1.00. The van der Waals surface area contributed by atoms with Gasteiger partial charge in [-0.3, -0.25) is 0 Å². The van der Waals surface area contributed by atoms with E-state index >= 15 is 0 Å². The van der Waals surface area contributed by atoms with Crippen LogP contribution >= 0.6 is 9.24 Å². The predicted molar refractivity (Wildman–Crippen MR) is 45.0 cm³/mol. The summed E-state index contributed by atoms with van der Waals surface area (Å²) in [6.45, 7) is 2.07. The first-order chi connectivity index (χ1) is 4.18. The summed E-state index contributed by atoms with van der Waals surface area (Å²) in [6, 6.07) is 1.05. The molecule has 0 saturated heterocycles. The summed E-state index contributed by atoms with van der Waals surface area (Å²) in [5.41, 5.74) is 0. The van der Waals surface area contributed by atoms with Crippen LogP contribution in [0.25, 0.3) is 0 Å². The highest BCUT2D eigenvalue weighted by atomic mass is 31.0. The third-order valence-corrected chi connectivity index (χ3v) is 5.25. The molecule has 0 fully saturated rings. The highest BCUT2D eigenvalue weighted by molar-refractivity contribution is 7.16. The van der Waals surface area contributed by atoms with Gasteiger partial charge in [0.25, 0.3) is 0 Å². The van der Waals surface area contributed by atoms with Gasteiger partial charge in [-0.2, -0.15) is 0 Å². The number of hydrogen-bond acceptors (Lipinski definition) is 2. The lowest BCUT2D eigenvalue weighted by Crippen LogP contribution is -2.36. The van der Waals surface area contributed by atoms with E-state index in [1.807, 2.05) is 0 Å². The molecule has 0 aliphatic rings. The summed E-state index contributed by atoms with van der Waals surface area (Å²) in [7, 11) is 4.39. The van der Waals surface area contributed by atoms with Crippen LogP contribution in [0.1, 0.15) is 0 Å². The summed E-state index contributed by atoms with van der Waals surface area (Å²) >= 11 is 0. The maximum absolute atomic E-state index is 5.23. The minimum atomic E-state index is -1.72. The third kappa shape index (κ3) is 3.31. The van der Waals surface area contributed by atoms with Gasteiger partial charge in [0.1, 0.15) is 0 Å². The monoisotopic (exact) mass is 166 g/mol. The average molecular weight is 166 g/mol. The fourth-order valence-electron chi connectivity index (χ4n) is 0.550. The van der Waals surface area contributed by atoms with E-state index in [-0.39, 0.29) is 0 Å². The van der Waals surface area contributed by atoms with Gasteiger partial charge < -0.3 is 8.85 Å². The van der Waals surface area contributed by atoms with E-state index in [1.165, 1.54) is 0 Å². The standard InChI is InChI=1S/C5H15O2PSi/c1-6-9(3,7-2)5-4-8/h4-5,8H2,1-3H3. The van der Waals surface area contributed by atoms with Crippen molar-refractivity contribution in [2.45, 2.75) is 12.6 Å². The van der Waals surface area contributed by atoms with Gasteiger partial charge in [0.15, 0.2) is 0 Å². The molecular formula is C5H15O2PSi. The zero-order valence-electron chi connectivity index (χ0n) is 6.31. The maximum atomic E-state index is 5.23. The SMILES string of the molecule is CO[Si](C)(CCP)OC. The zero-order chi connectivity index (χ0) is 7.33. The van der Waals surface area contributed by atoms with Crippen molar-refractivity contribution in [3.8, 4) is 0 Å². The van der Waals surface area contributed by atoms with Crippen LogP contribution in [0.4, 0.5) is 0 Å². The summed E-state index contributed by atoms with van der Waals surface area (Å²) in [5.74, 6) is 0. The van der Waals surface area contributed by atoms with Crippen LogP contribution in [0.15, 0.2) is 0 Å². The Morgan fingerprint density at radius 2 is 1.78 bits per heavy atom. The molecule has 0 bridgehead atoms. The molecule has 0 aliphatic heterocycles. The van der Waals surface area contributed by atoms with Gasteiger partial charge in [-0.15, -0.1) is 9.24 Å².